The van der Waals surface area contributed by atoms with E-state index in [1.807, 2.05) is 29.2 Å². The summed E-state index contributed by atoms with van der Waals surface area (Å²) in [5.41, 5.74) is 2.48. The molecule has 0 bridgehead atoms. The van der Waals surface area contributed by atoms with Crippen LogP contribution in [0.5, 0.6) is 0 Å². The molecule has 5 heterocycles. The van der Waals surface area contributed by atoms with E-state index in [-0.39, 0.29) is 42.6 Å². The summed E-state index contributed by atoms with van der Waals surface area (Å²) in [4.78, 5) is 41.7. The number of furan rings is 1. The quantitative estimate of drug-likeness (QED) is 0.278. The normalized spacial score (nSPS) is 21.1. The number of amides is 1. The maximum Gasteiger partial charge on any atom is 0.251 e. The number of piperidine rings is 1. The van der Waals surface area contributed by atoms with Crippen molar-refractivity contribution >= 4 is 45.4 Å². The van der Waals surface area contributed by atoms with Gasteiger partial charge in [0, 0.05) is 48.7 Å². The van der Waals surface area contributed by atoms with Gasteiger partial charge in [0.2, 0.25) is 5.91 Å². The van der Waals surface area contributed by atoms with Crippen LogP contribution < -0.4 is 10.5 Å². The zero-order valence-electron chi connectivity index (χ0n) is 24.0. The summed E-state index contributed by atoms with van der Waals surface area (Å²) in [5, 5.41) is 1.46. The number of hydrogen-bond donors (Lipinski definition) is 1. The molecule has 0 saturated carbocycles. The standard InChI is InChI=1S/C31H36ClN5O5/c1-20-17-37(12-9-31(20,2)23-15-21(32)16-33-30(23)39)26(38)19-41-14-13-40-18-25-34-27-22-7-3-4-8-24(22)42-28(27)29(35-25)36-10-5-6-11-36/h3-4,7-8,15-16,20H,5-6,9-14,17-19H2,1-2H3,(H,33,39)/t20?,31-/m0/s1. The van der Waals surface area contributed by atoms with Crippen molar-refractivity contribution in [3.05, 3.63) is 63.3 Å². The molecule has 11 heteroatoms. The van der Waals surface area contributed by atoms with Crippen molar-refractivity contribution < 1.29 is 18.7 Å². The number of para-hydroxylation sites is 1. The largest absolute Gasteiger partial charge is 0.450 e. The summed E-state index contributed by atoms with van der Waals surface area (Å²) in [7, 11) is 0. The minimum Gasteiger partial charge on any atom is -0.450 e. The Hall–Kier alpha value is -3.47. The monoisotopic (exact) mass is 593 g/mol. The molecule has 2 aliphatic heterocycles. The highest BCUT2D eigenvalue weighted by Crippen LogP contribution is 2.38. The molecule has 222 valence electrons. The van der Waals surface area contributed by atoms with Gasteiger partial charge in [-0.25, -0.2) is 9.97 Å². The number of fused-ring (bicyclic) bond motifs is 3. The van der Waals surface area contributed by atoms with Crippen molar-refractivity contribution in [1.82, 2.24) is 19.9 Å². The first kappa shape index (κ1) is 28.6. The summed E-state index contributed by atoms with van der Waals surface area (Å²) in [6, 6.07) is 9.63. The van der Waals surface area contributed by atoms with Crippen molar-refractivity contribution in [2.45, 2.75) is 45.1 Å². The number of nitrogens with one attached hydrogen (secondary N) is 1. The Balaban J connectivity index is 1.01. The van der Waals surface area contributed by atoms with Gasteiger partial charge in [-0.1, -0.05) is 37.6 Å². The molecular weight excluding hydrogens is 558 g/mol. The second-order valence-electron chi connectivity index (χ2n) is 11.5. The molecule has 1 aromatic carbocycles. The van der Waals surface area contributed by atoms with E-state index in [9.17, 15) is 9.59 Å². The number of likely N-dealkylation sites (tertiary alicyclic amines) is 1. The molecule has 0 aliphatic carbocycles. The first-order chi connectivity index (χ1) is 20.3. The van der Waals surface area contributed by atoms with Crippen LogP contribution in [0.4, 0.5) is 5.82 Å². The third-order valence-electron chi connectivity index (χ3n) is 8.80. The molecule has 0 radical (unpaired) electrons. The highest BCUT2D eigenvalue weighted by atomic mass is 35.5. The number of ether oxygens (including phenoxy) is 2. The zero-order chi connectivity index (χ0) is 29.3. The molecule has 6 rings (SSSR count). The van der Waals surface area contributed by atoms with Gasteiger partial charge in [-0.3, -0.25) is 9.59 Å². The molecule has 42 heavy (non-hydrogen) atoms. The lowest BCUT2D eigenvalue weighted by Crippen LogP contribution is -2.51. The van der Waals surface area contributed by atoms with Crippen molar-refractivity contribution in [2.24, 2.45) is 5.92 Å². The number of nitrogens with zero attached hydrogens (tertiary/aromatic N) is 4. The van der Waals surface area contributed by atoms with Crippen LogP contribution in [0, 0.1) is 5.92 Å². The van der Waals surface area contributed by atoms with Crippen LogP contribution in [-0.4, -0.2) is 71.8 Å². The van der Waals surface area contributed by atoms with Crippen molar-refractivity contribution in [2.75, 3.05) is 50.9 Å². The number of benzene rings is 1. The molecule has 2 atom stereocenters. The number of H-pyrrole nitrogens is 1. The fourth-order valence-electron chi connectivity index (χ4n) is 6.11. The second-order valence-corrected chi connectivity index (χ2v) is 11.9. The smallest absolute Gasteiger partial charge is 0.251 e. The van der Waals surface area contributed by atoms with Crippen molar-refractivity contribution in [3.63, 3.8) is 0 Å². The number of carbonyl (C=O) groups excluding carboxylic acids is 1. The number of aromatic amines is 1. The van der Waals surface area contributed by atoms with Crippen LogP contribution in [0.25, 0.3) is 22.1 Å². The van der Waals surface area contributed by atoms with Gasteiger partial charge in [0.05, 0.1) is 18.2 Å². The topological polar surface area (TPSA) is 114 Å². The molecule has 0 spiro atoms. The zero-order valence-corrected chi connectivity index (χ0v) is 24.8. The van der Waals surface area contributed by atoms with Crippen LogP contribution in [0.15, 0.2) is 45.7 Å². The molecule has 1 N–H and O–H groups in total. The van der Waals surface area contributed by atoms with Crippen LogP contribution >= 0.6 is 11.6 Å². The number of pyridine rings is 1. The summed E-state index contributed by atoms with van der Waals surface area (Å²) >= 11 is 6.15. The molecule has 2 saturated heterocycles. The van der Waals surface area contributed by atoms with E-state index in [1.54, 1.807) is 6.07 Å². The maximum absolute atomic E-state index is 12.9. The lowest BCUT2D eigenvalue weighted by molar-refractivity contribution is -0.139. The van der Waals surface area contributed by atoms with E-state index < -0.39 is 0 Å². The van der Waals surface area contributed by atoms with Gasteiger partial charge in [0.25, 0.3) is 5.56 Å². The molecular formula is C31H36ClN5O5. The first-order valence-corrected chi connectivity index (χ1v) is 15.0. The predicted octanol–water partition coefficient (Wildman–Crippen LogP) is 4.68. The lowest BCUT2D eigenvalue weighted by atomic mass is 9.68. The summed E-state index contributed by atoms with van der Waals surface area (Å²) in [6.07, 6.45) is 4.43. The Morgan fingerprint density at radius 2 is 1.95 bits per heavy atom. The third-order valence-corrected chi connectivity index (χ3v) is 9.02. The molecule has 2 fully saturated rings. The number of rotatable bonds is 9. The highest BCUT2D eigenvalue weighted by molar-refractivity contribution is 6.30. The van der Waals surface area contributed by atoms with E-state index >= 15 is 0 Å². The second kappa shape index (κ2) is 12.0. The molecule has 4 aromatic rings. The Labute approximate surface area is 249 Å². The fourth-order valence-corrected chi connectivity index (χ4v) is 6.27. The third kappa shape index (κ3) is 5.63. The van der Waals surface area contributed by atoms with Crippen molar-refractivity contribution in [1.29, 1.82) is 0 Å². The minimum atomic E-state index is -0.369. The van der Waals surface area contributed by atoms with Gasteiger partial charge in [0.15, 0.2) is 17.2 Å². The van der Waals surface area contributed by atoms with E-state index in [0.29, 0.717) is 42.5 Å². The van der Waals surface area contributed by atoms with E-state index in [0.717, 1.165) is 53.8 Å². The number of carbonyl (C=O) groups is 1. The number of hydrogen-bond acceptors (Lipinski definition) is 8. The summed E-state index contributed by atoms with van der Waals surface area (Å²) in [6.45, 7) is 7.92. The van der Waals surface area contributed by atoms with E-state index in [2.05, 4.69) is 23.7 Å². The molecule has 1 unspecified atom stereocenters. The van der Waals surface area contributed by atoms with Crippen molar-refractivity contribution in [3.8, 4) is 0 Å². The summed E-state index contributed by atoms with van der Waals surface area (Å²) in [5.74, 6) is 1.42. The Kier molecular flexibility index (Phi) is 8.20. The predicted molar refractivity (Wildman–Crippen MR) is 161 cm³/mol. The van der Waals surface area contributed by atoms with E-state index in [4.69, 9.17) is 35.5 Å². The minimum absolute atomic E-state index is 0.0207. The van der Waals surface area contributed by atoms with Gasteiger partial charge in [-0.2, -0.15) is 0 Å². The molecule has 1 amide bonds. The Morgan fingerprint density at radius 3 is 2.76 bits per heavy atom. The molecule has 10 nitrogen and oxygen atoms in total. The van der Waals surface area contributed by atoms with Gasteiger partial charge in [-0.05, 0) is 43.4 Å². The molecule has 3 aromatic heterocycles. The van der Waals surface area contributed by atoms with Crippen LogP contribution in [0.3, 0.4) is 0 Å². The van der Waals surface area contributed by atoms with Gasteiger partial charge in [-0.15, -0.1) is 0 Å². The number of aromatic nitrogens is 3. The average molecular weight is 594 g/mol. The number of halogens is 1. The van der Waals surface area contributed by atoms with Gasteiger partial charge in [0.1, 0.15) is 24.3 Å². The van der Waals surface area contributed by atoms with Gasteiger partial charge < -0.3 is 28.7 Å². The van der Waals surface area contributed by atoms with Crippen LogP contribution in [-0.2, 0) is 26.3 Å². The highest BCUT2D eigenvalue weighted by Gasteiger charge is 2.41. The lowest BCUT2D eigenvalue weighted by Gasteiger charge is -2.44. The summed E-state index contributed by atoms with van der Waals surface area (Å²) < 4.78 is 17.7. The molecule has 2 aliphatic rings. The SMILES string of the molecule is CC1CN(C(=O)COCCOCc2nc(N3CCCC3)c3oc4ccccc4c3n2)CC[C@]1(C)c1cc(Cl)c[nH]c1=O. The Morgan fingerprint density at radius 1 is 1.17 bits per heavy atom. The van der Waals surface area contributed by atoms with Crippen LogP contribution in [0.2, 0.25) is 5.02 Å². The fraction of sp³-hybridized carbons (Fsp3) is 0.484. The maximum atomic E-state index is 12.9. The number of anilines is 1. The van der Waals surface area contributed by atoms with E-state index in [1.165, 1.54) is 6.20 Å². The average Bonchev–Trinajstić information content (AvgIpc) is 3.66. The van der Waals surface area contributed by atoms with Crippen LogP contribution in [0.1, 0.15) is 44.5 Å². The van der Waals surface area contributed by atoms with Gasteiger partial charge >= 0.3 is 0 Å². The Bertz CT molecular complexity index is 1650. The first-order valence-electron chi connectivity index (χ1n) is 14.6.